The van der Waals surface area contributed by atoms with E-state index < -0.39 is 6.04 Å². The van der Waals surface area contributed by atoms with Crippen LogP contribution in [0.4, 0.5) is 17.1 Å². The van der Waals surface area contributed by atoms with Crippen LogP contribution < -0.4 is 19.4 Å². The maximum absolute atomic E-state index is 13.9. The number of benzene rings is 3. The van der Waals surface area contributed by atoms with E-state index in [2.05, 4.69) is 15.9 Å². The van der Waals surface area contributed by atoms with Gasteiger partial charge < -0.3 is 9.64 Å². The predicted molar refractivity (Wildman–Crippen MR) is 130 cm³/mol. The number of amides is 2. The first-order chi connectivity index (χ1) is 15.4. The van der Waals surface area contributed by atoms with E-state index >= 15 is 0 Å². The summed E-state index contributed by atoms with van der Waals surface area (Å²) in [6.07, 6.45) is 0. The summed E-state index contributed by atoms with van der Waals surface area (Å²) in [5.74, 6) is 0.196. The Morgan fingerprint density at radius 1 is 0.938 bits per heavy atom. The third-order valence-corrected chi connectivity index (χ3v) is 6.05. The minimum Gasteiger partial charge on any atom is -0.495 e. The van der Waals surface area contributed by atoms with E-state index in [4.69, 9.17) is 4.74 Å². The normalized spacial score (nSPS) is 16.3. The number of rotatable bonds is 5. The highest BCUT2D eigenvalue weighted by molar-refractivity contribution is 9.10. The van der Waals surface area contributed by atoms with Gasteiger partial charge in [0.2, 0.25) is 5.91 Å². The van der Waals surface area contributed by atoms with Gasteiger partial charge in [0.1, 0.15) is 18.3 Å². The van der Waals surface area contributed by atoms with Crippen molar-refractivity contribution in [2.24, 2.45) is 0 Å². The summed E-state index contributed by atoms with van der Waals surface area (Å²) < 4.78 is 6.36. The molecule has 0 saturated carbocycles. The van der Waals surface area contributed by atoms with Crippen molar-refractivity contribution in [2.75, 3.05) is 42.4 Å². The van der Waals surface area contributed by atoms with Crippen molar-refractivity contribution >= 4 is 44.8 Å². The van der Waals surface area contributed by atoms with Gasteiger partial charge in [-0.3, -0.25) is 19.4 Å². The van der Waals surface area contributed by atoms with Crippen molar-refractivity contribution < 1.29 is 14.3 Å². The zero-order chi connectivity index (χ0) is 22.8. The average molecular weight is 494 g/mol. The van der Waals surface area contributed by atoms with Gasteiger partial charge in [0.05, 0.1) is 12.8 Å². The molecule has 1 atom stereocenters. The molecule has 164 valence electrons. The van der Waals surface area contributed by atoms with Crippen LogP contribution in [0.2, 0.25) is 0 Å². The van der Waals surface area contributed by atoms with E-state index in [0.29, 0.717) is 17.1 Å². The Hall–Kier alpha value is -3.32. The molecule has 1 aliphatic rings. The number of halogens is 1. The summed E-state index contributed by atoms with van der Waals surface area (Å²) in [5, 5.41) is 0. The van der Waals surface area contributed by atoms with Crippen LogP contribution in [0.5, 0.6) is 5.75 Å². The summed E-state index contributed by atoms with van der Waals surface area (Å²) in [6, 6.07) is 21.6. The third-order valence-electron chi connectivity index (χ3n) is 5.53. The molecule has 3 aromatic rings. The van der Waals surface area contributed by atoms with Gasteiger partial charge in [-0.25, -0.2) is 0 Å². The highest BCUT2D eigenvalue weighted by atomic mass is 79.9. The third kappa shape index (κ3) is 4.08. The van der Waals surface area contributed by atoms with Gasteiger partial charge >= 0.3 is 0 Å². The summed E-state index contributed by atoms with van der Waals surface area (Å²) in [6.45, 7) is -0.0679. The Kier molecular flexibility index (Phi) is 6.19. The van der Waals surface area contributed by atoms with Gasteiger partial charge in [-0.15, -0.1) is 0 Å². The molecule has 1 heterocycles. The summed E-state index contributed by atoms with van der Waals surface area (Å²) >= 11 is 3.44. The second kappa shape index (κ2) is 9.04. The quantitative estimate of drug-likeness (QED) is 0.519. The van der Waals surface area contributed by atoms with Gasteiger partial charge in [-0.2, -0.15) is 0 Å². The maximum atomic E-state index is 13.9. The molecule has 4 rings (SSSR count). The smallest absolute Gasteiger partial charge is 0.255 e. The molecule has 2 amide bonds. The lowest BCUT2D eigenvalue weighted by atomic mass is 9.99. The largest absolute Gasteiger partial charge is 0.495 e. The average Bonchev–Trinajstić information content (AvgIpc) is 2.81. The van der Waals surface area contributed by atoms with Crippen LogP contribution in [0.25, 0.3) is 0 Å². The molecule has 0 N–H and O–H groups in total. The monoisotopic (exact) mass is 493 g/mol. The first-order valence-electron chi connectivity index (χ1n) is 10.2. The number of methoxy groups -OCH3 is 1. The molecule has 1 fully saturated rings. The molecule has 0 aliphatic carbocycles. The molecule has 0 bridgehead atoms. The lowest BCUT2D eigenvalue weighted by Gasteiger charge is -2.40. The van der Waals surface area contributed by atoms with Crippen LogP contribution in [-0.2, 0) is 9.59 Å². The summed E-state index contributed by atoms with van der Waals surface area (Å²) in [4.78, 5) is 32.4. The van der Waals surface area contributed by atoms with E-state index in [1.165, 1.54) is 4.90 Å². The first-order valence-corrected chi connectivity index (χ1v) is 11.0. The Balaban J connectivity index is 1.82. The summed E-state index contributed by atoms with van der Waals surface area (Å²) in [7, 11) is 5.48. The van der Waals surface area contributed by atoms with Gasteiger partial charge in [-0.05, 0) is 54.1 Å². The second-order valence-electron chi connectivity index (χ2n) is 7.72. The van der Waals surface area contributed by atoms with Crippen molar-refractivity contribution in [1.29, 1.82) is 0 Å². The molecule has 32 heavy (non-hydrogen) atoms. The zero-order valence-electron chi connectivity index (χ0n) is 18.2. The molecule has 7 heteroatoms. The van der Waals surface area contributed by atoms with Crippen LogP contribution in [-0.4, -0.2) is 39.6 Å². The van der Waals surface area contributed by atoms with E-state index in [-0.39, 0.29) is 18.4 Å². The summed E-state index contributed by atoms with van der Waals surface area (Å²) in [5.41, 5.74) is 3.02. The Labute approximate surface area is 196 Å². The predicted octanol–water partition coefficient (Wildman–Crippen LogP) is 4.64. The number of ether oxygens (including phenoxy) is 1. The lowest BCUT2D eigenvalue weighted by molar-refractivity contribution is -0.128. The van der Waals surface area contributed by atoms with Crippen molar-refractivity contribution in [1.82, 2.24) is 0 Å². The molecule has 0 unspecified atom stereocenters. The van der Waals surface area contributed by atoms with Crippen molar-refractivity contribution in [3.8, 4) is 5.75 Å². The van der Waals surface area contributed by atoms with Crippen molar-refractivity contribution in [2.45, 2.75) is 6.04 Å². The Morgan fingerprint density at radius 3 is 2.22 bits per heavy atom. The SMILES string of the molecule is COc1ccccc1N1CC(=O)N(c2ccc(Br)cc2)[C@H](c2ccc(N(C)C)cc2)C1=O. The fourth-order valence-corrected chi connectivity index (χ4v) is 4.15. The van der Waals surface area contributed by atoms with E-state index in [9.17, 15) is 9.59 Å². The van der Waals surface area contributed by atoms with E-state index in [0.717, 1.165) is 15.7 Å². The van der Waals surface area contributed by atoms with Crippen LogP contribution in [0.3, 0.4) is 0 Å². The van der Waals surface area contributed by atoms with Crippen molar-refractivity contribution in [3.05, 3.63) is 82.8 Å². The molecule has 0 radical (unpaired) electrons. The highest BCUT2D eigenvalue weighted by Crippen LogP contribution is 2.38. The van der Waals surface area contributed by atoms with Gasteiger partial charge in [0.15, 0.2) is 0 Å². The number of anilines is 3. The molecule has 6 nitrogen and oxygen atoms in total. The molecular formula is C25H24BrN3O3. The lowest BCUT2D eigenvalue weighted by Crippen LogP contribution is -2.56. The van der Waals surface area contributed by atoms with E-state index in [1.54, 1.807) is 24.1 Å². The number of nitrogens with zero attached hydrogens (tertiary/aromatic N) is 3. The van der Waals surface area contributed by atoms with Crippen LogP contribution in [0.15, 0.2) is 77.3 Å². The molecule has 1 aliphatic heterocycles. The number of carbonyl (C=O) groups is 2. The van der Waals surface area contributed by atoms with Crippen LogP contribution in [0, 0.1) is 0 Å². The number of carbonyl (C=O) groups excluding carboxylic acids is 2. The second-order valence-corrected chi connectivity index (χ2v) is 8.64. The maximum Gasteiger partial charge on any atom is 0.255 e. The van der Waals surface area contributed by atoms with Crippen LogP contribution in [0.1, 0.15) is 11.6 Å². The van der Waals surface area contributed by atoms with Gasteiger partial charge in [0.25, 0.3) is 5.91 Å². The fourth-order valence-electron chi connectivity index (χ4n) is 3.89. The standard InChI is InChI=1S/C25H24BrN3O3/c1-27(2)19-12-8-17(9-13-19)24-25(31)28(21-6-4-5-7-22(21)32-3)16-23(30)29(24)20-14-10-18(26)11-15-20/h4-15,24H,16H2,1-3H3/t24-/m1/s1. The van der Waals surface area contributed by atoms with Gasteiger partial charge in [0, 0.05) is 29.9 Å². The van der Waals surface area contributed by atoms with Crippen LogP contribution >= 0.6 is 15.9 Å². The minimum absolute atomic E-state index is 0.0679. The van der Waals surface area contributed by atoms with E-state index in [1.807, 2.05) is 79.7 Å². The topological polar surface area (TPSA) is 53.1 Å². The number of para-hydroxylation sites is 2. The molecule has 3 aromatic carbocycles. The molecule has 0 aromatic heterocycles. The molecule has 1 saturated heterocycles. The number of hydrogen-bond acceptors (Lipinski definition) is 4. The fraction of sp³-hybridized carbons (Fsp3) is 0.200. The number of hydrogen-bond donors (Lipinski definition) is 0. The van der Waals surface area contributed by atoms with Gasteiger partial charge in [-0.1, -0.05) is 40.2 Å². The van der Waals surface area contributed by atoms with Crippen molar-refractivity contribution in [3.63, 3.8) is 0 Å². The number of piperazine rings is 1. The minimum atomic E-state index is -0.793. The Bertz CT molecular complexity index is 1130. The highest BCUT2D eigenvalue weighted by Gasteiger charge is 2.42. The molecular weight excluding hydrogens is 470 g/mol. The Morgan fingerprint density at radius 2 is 1.59 bits per heavy atom. The first kappa shape index (κ1) is 21.9. The zero-order valence-corrected chi connectivity index (χ0v) is 19.7. The molecule has 0 spiro atoms.